The summed E-state index contributed by atoms with van der Waals surface area (Å²) in [6.45, 7) is 11.3. The molecular weight excluding hydrogens is 196 g/mol. The first-order valence-corrected chi connectivity index (χ1v) is 6.52. The molecule has 1 aliphatic rings. The van der Waals surface area contributed by atoms with Gasteiger partial charge in [0.1, 0.15) is 0 Å². The van der Waals surface area contributed by atoms with E-state index in [1.807, 2.05) is 0 Å². The van der Waals surface area contributed by atoms with Crippen LogP contribution in [0.3, 0.4) is 0 Å². The van der Waals surface area contributed by atoms with Crippen LogP contribution in [0.25, 0.3) is 0 Å². The van der Waals surface area contributed by atoms with Gasteiger partial charge in [0.25, 0.3) is 0 Å². The van der Waals surface area contributed by atoms with Crippen molar-refractivity contribution in [2.75, 3.05) is 13.1 Å². The maximum absolute atomic E-state index is 5.43. The molecule has 1 fully saturated rings. The summed E-state index contributed by atoms with van der Waals surface area (Å²) < 4.78 is 0. The molecule has 1 N–H and O–H groups in total. The van der Waals surface area contributed by atoms with Crippen LogP contribution in [0.2, 0.25) is 0 Å². The summed E-state index contributed by atoms with van der Waals surface area (Å²) in [5.74, 6) is 3.48. The van der Waals surface area contributed by atoms with Gasteiger partial charge in [-0.15, -0.1) is 12.3 Å². The standard InChI is InChI=1S/C14H26N2/c1-6-8-12(5)16-10-14(11(3)4)15-9-13(16)7-2/h1,11-15H,7-10H2,2-5H3. The Kier molecular flexibility index (Phi) is 5.31. The van der Waals surface area contributed by atoms with Crippen LogP contribution < -0.4 is 5.32 Å². The number of hydrogen-bond acceptors (Lipinski definition) is 2. The number of terminal acetylenes is 1. The zero-order valence-corrected chi connectivity index (χ0v) is 11.2. The van der Waals surface area contributed by atoms with Crippen molar-refractivity contribution in [3.8, 4) is 12.3 Å². The Morgan fingerprint density at radius 2 is 2.12 bits per heavy atom. The molecule has 0 aromatic rings. The van der Waals surface area contributed by atoms with Gasteiger partial charge in [-0.1, -0.05) is 20.8 Å². The maximum Gasteiger partial charge on any atom is 0.0240 e. The van der Waals surface area contributed by atoms with E-state index in [1.54, 1.807) is 0 Å². The molecule has 3 atom stereocenters. The average molecular weight is 222 g/mol. The van der Waals surface area contributed by atoms with Gasteiger partial charge in [-0.25, -0.2) is 0 Å². The van der Waals surface area contributed by atoms with Crippen molar-refractivity contribution in [2.24, 2.45) is 5.92 Å². The predicted octanol–water partition coefficient (Wildman–Crippen LogP) is 2.11. The molecule has 1 saturated heterocycles. The molecule has 2 nitrogen and oxygen atoms in total. The molecule has 0 saturated carbocycles. The zero-order chi connectivity index (χ0) is 12.1. The highest BCUT2D eigenvalue weighted by Gasteiger charge is 2.30. The fraction of sp³-hybridized carbons (Fsp3) is 0.857. The monoisotopic (exact) mass is 222 g/mol. The Morgan fingerprint density at radius 3 is 2.62 bits per heavy atom. The fourth-order valence-corrected chi connectivity index (χ4v) is 2.50. The highest BCUT2D eigenvalue weighted by Crippen LogP contribution is 2.18. The van der Waals surface area contributed by atoms with E-state index in [2.05, 4.69) is 43.8 Å². The normalized spacial score (nSPS) is 29.0. The van der Waals surface area contributed by atoms with Gasteiger partial charge in [0.15, 0.2) is 0 Å². The van der Waals surface area contributed by atoms with Crippen molar-refractivity contribution >= 4 is 0 Å². The molecule has 0 amide bonds. The number of nitrogens with one attached hydrogen (secondary N) is 1. The molecular formula is C14H26N2. The molecule has 1 rings (SSSR count). The second-order valence-corrected chi connectivity index (χ2v) is 5.27. The maximum atomic E-state index is 5.43. The van der Waals surface area contributed by atoms with E-state index in [1.165, 1.54) is 6.42 Å². The Bertz CT molecular complexity index is 242. The SMILES string of the molecule is C#CCC(C)N1CC(C(C)C)NCC1CC. The van der Waals surface area contributed by atoms with Crippen molar-refractivity contribution < 1.29 is 0 Å². The first kappa shape index (κ1) is 13.5. The summed E-state index contributed by atoms with van der Waals surface area (Å²) in [4.78, 5) is 2.60. The summed E-state index contributed by atoms with van der Waals surface area (Å²) in [6, 6.07) is 1.78. The van der Waals surface area contributed by atoms with Crippen LogP contribution in [0.1, 0.15) is 40.5 Å². The lowest BCUT2D eigenvalue weighted by atomic mass is 9.96. The molecule has 1 aliphatic heterocycles. The van der Waals surface area contributed by atoms with Gasteiger partial charge in [-0.2, -0.15) is 0 Å². The van der Waals surface area contributed by atoms with E-state index < -0.39 is 0 Å². The van der Waals surface area contributed by atoms with E-state index >= 15 is 0 Å². The Morgan fingerprint density at radius 1 is 1.44 bits per heavy atom. The summed E-state index contributed by atoms with van der Waals surface area (Å²) >= 11 is 0. The summed E-state index contributed by atoms with van der Waals surface area (Å²) in [5.41, 5.74) is 0. The van der Waals surface area contributed by atoms with Gasteiger partial charge in [0.2, 0.25) is 0 Å². The van der Waals surface area contributed by atoms with Crippen LogP contribution >= 0.6 is 0 Å². The minimum absolute atomic E-state index is 0.512. The third kappa shape index (κ3) is 3.23. The second kappa shape index (κ2) is 6.27. The highest BCUT2D eigenvalue weighted by atomic mass is 15.3. The van der Waals surface area contributed by atoms with E-state index in [4.69, 9.17) is 6.42 Å². The molecule has 0 bridgehead atoms. The Labute approximate surface area is 101 Å². The van der Waals surface area contributed by atoms with Crippen LogP contribution in [0.15, 0.2) is 0 Å². The van der Waals surface area contributed by atoms with Crippen molar-refractivity contribution in [3.63, 3.8) is 0 Å². The largest absolute Gasteiger partial charge is 0.311 e. The highest BCUT2D eigenvalue weighted by molar-refractivity contribution is 4.94. The third-order valence-corrected chi connectivity index (χ3v) is 3.75. The molecule has 3 unspecified atom stereocenters. The molecule has 1 heterocycles. The van der Waals surface area contributed by atoms with Gasteiger partial charge in [0, 0.05) is 37.6 Å². The first-order valence-electron chi connectivity index (χ1n) is 6.52. The number of nitrogens with zero attached hydrogens (tertiary/aromatic N) is 1. The van der Waals surface area contributed by atoms with Crippen LogP contribution in [0.5, 0.6) is 0 Å². The molecule has 0 aromatic carbocycles. The lowest BCUT2D eigenvalue weighted by molar-refractivity contribution is 0.0757. The van der Waals surface area contributed by atoms with Crippen LogP contribution in [0.4, 0.5) is 0 Å². The quantitative estimate of drug-likeness (QED) is 0.733. The van der Waals surface area contributed by atoms with E-state index in [9.17, 15) is 0 Å². The van der Waals surface area contributed by atoms with Crippen LogP contribution in [-0.4, -0.2) is 36.1 Å². The van der Waals surface area contributed by atoms with Gasteiger partial charge in [-0.3, -0.25) is 4.90 Å². The number of hydrogen-bond donors (Lipinski definition) is 1. The molecule has 16 heavy (non-hydrogen) atoms. The van der Waals surface area contributed by atoms with Gasteiger partial charge in [0.05, 0.1) is 0 Å². The van der Waals surface area contributed by atoms with Crippen LogP contribution in [-0.2, 0) is 0 Å². The van der Waals surface area contributed by atoms with Crippen molar-refractivity contribution in [1.29, 1.82) is 0 Å². The molecule has 0 aliphatic carbocycles. The van der Waals surface area contributed by atoms with E-state index in [0.717, 1.165) is 19.5 Å². The molecule has 0 radical (unpaired) electrons. The van der Waals surface area contributed by atoms with Crippen molar-refractivity contribution in [2.45, 2.75) is 58.7 Å². The zero-order valence-electron chi connectivity index (χ0n) is 11.2. The lowest BCUT2D eigenvalue weighted by Gasteiger charge is -2.44. The topological polar surface area (TPSA) is 15.3 Å². The van der Waals surface area contributed by atoms with Crippen molar-refractivity contribution in [1.82, 2.24) is 10.2 Å². The molecule has 2 heteroatoms. The van der Waals surface area contributed by atoms with E-state index in [0.29, 0.717) is 24.0 Å². The van der Waals surface area contributed by atoms with Crippen molar-refractivity contribution in [3.05, 3.63) is 0 Å². The first-order chi connectivity index (χ1) is 7.60. The molecule has 92 valence electrons. The lowest BCUT2D eigenvalue weighted by Crippen LogP contribution is -2.60. The molecule has 0 spiro atoms. The number of piperazine rings is 1. The summed E-state index contributed by atoms with van der Waals surface area (Å²) in [6.07, 6.45) is 7.49. The Hall–Kier alpha value is -0.520. The van der Waals surface area contributed by atoms with Gasteiger partial charge < -0.3 is 5.32 Å². The fourth-order valence-electron chi connectivity index (χ4n) is 2.50. The molecule has 0 aromatic heterocycles. The van der Waals surface area contributed by atoms with Gasteiger partial charge in [-0.05, 0) is 19.3 Å². The van der Waals surface area contributed by atoms with Gasteiger partial charge >= 0.3 is 0 Å². The summed E-state index contributed by atoms with van der Waals surface area (Å²) in [7, 11) is 0. The minimum Gasteiger partial charge on any atom is -0.311 e. The predicted molar refractivity (Wildman–Crippen MR) is 70.3 cm³/mol. The minimum atomic E-state index is 0.512. The van der Waals surface area contributed by atoms with Crippen LogP contribution in [0, 0.1) is 18.3 Å². The second-order valence-electron chi connectivity index (χ2n) is 5.27. The smallest absolute Gasteiger partial charge is 0.0240 e. The summed E-state index contributed by atoms with van der Waals surface area (Å²) in [5, 5.41) is 3.65. The van der Waals surface area contributed by atoms with E-state index in [-0.39, 0.29) is 0 Å². The third-order valence-electron chi connectivity index (χ3n) is 3.75. The number of rotatable bonds is 4. The average Bonchev–Trinajstić information content (AvgIpc) is 2.28. The Balaban J connectivity index is 2.64.